The molecule has 2 atom stereocenters. The lowest BCUT2D eigenvalue weighted by atomic mass is 10.00. The Bertz CT molecular complexity index is 151. The fourth-order valence-corrected chi connectivity index (χ4v) is 1.38. The summed E-state index contributed by atoms with van der Waals surface area (Å²) in [7, 11) is 2.10. The summed E-state index contributed by atoms with van der Waals surface area (Å²) < 4.78 is 5.50. The number of hydrogen-bond acceptors (Lipinski definition) is 3. The van der Waals surface area contributed by atoms with E-state index >= 15 is 0 Å². The van der Waals surface area contributed by atoms with Gasteiger partial charge in [-0.2, -0.15) is 0 Å². The minimum atomic E-state index is 0.277. The third-order valence-electron chi connectivity index (χ3n) is 2.82. The predicted octanol–water partition coefficient (Wildman–Crippen LogP) is 1.72. The number of ether oxygens (including phenoxy) is 1. The molecule has 0 aromatic heterocycles. The van der Waals surface area contributed by atoms with Gasteiger partial charge in [-0.1, -0.05) is 20.3 Å². The van der Waals surface area contributed by atoms with E-state index in [1.807, 2.05) is 0 Å². The van der Waals surface area contributed by atoms with E-state index in [0.717, 1.165) is 26.1 Å². The molecular formula is C12H28N2O. The molecule has 0 saturated heterocycles. The summed E-state index contributed by atoms with van der Waals surface area (Å²) in [5, 5.41) is 0. The normalized spacial score (nSPS) is 16.0. The Labute approximate surface area is 95.0 Å². The van der Waals surface area contributed by atoms with Crippen molar-refractivity contribution in [1.29, 1.82) is 0 Å². The van der Waals surface area contributed by atoms with Crippen LogP contribution in [0.3, 0.4) is 0 Å². The van der Waals surface area contributed by atoms with Crippen molar-refractivity contribution in [3.05, 3.63) is 0 Å². The molecule has 3 nitrogen and oxygen atoms in total. The SMILES string of the molecule is CCC(C)C(N)CN(C)CCOC(C)C. The second-order valence-corrected chi connectivity index (χ2v) is 4.73. The maximum atomic E-state index is 6.08. The summed E-state index contributed by atoms with van der Waals surface area (Å²) in [6, 6.07) is 0.277. The van der Waals surface area contributed by atoms with Gasteiger partial charge in [-0.15, -0.1) is 0 Å². The number of nitrogens with two attached hydrogens (primary N) is 1. The molecule has 15 heavy (non-hydrogen) atoms. The highest BCUT2D eigenvalue weighted by molar-refractivity contribution is 4.71. The molecule has 0 aliphatic heterocycles. The van der Waals surface area contributed by atoms with E-state index in [1.54, 1.807) is 0 Å². The Morgan fingerprint density at radius 3 is 2.33 bits per heavy atom. The van der Waals surface area contributed by atoms with E-state index in [1.165, 1.54) is 0 Å². The molecule has 3 heteroatoms. The van der Waals surface area contributed by atoms with Crippen molar-refractivity contribution in [2.24, 2.45) is 11.7 Å². The summed E-state index contributed by atoms with van der Waals surface area (Å²) in [5.74, 6) is 0.596. The summed E-state index contributed by atoms with van der Waals surface area (Å²) in [6.45, 7) is 11.2. The second kappa shape index (κ2) is 8.08. The zero-order valence-corrected chi connectivity index (χ0v) is 11.0. The first-order valence-electron chi connectivity index (χ1n) is 6.03. The molecular weight excluding hydrogens is 188 g/mol. The first kappa shape index (κ1) is 14.9. The van der Waals surface area contributed by atoms with Crippen molar-refractivity contribution in [3.63, 3.8) is 0 Å². The van der Waals surface area contributed by atoms with Gasteiger partial charge in [0.1, 0.15) is 0 Å². The first-order chi connectivity index (χ1) is 6.97. The highest BCUT2D eigenvalue weighted by atomic mass is 16.5. The number of hydrogen-bond donors (Lipinski definition) is 1. The van der Waals surface area contributed by atoms with Gasteiger partial charge in [0.15, 0.2) is 0 Å². The van der Waals surface area contributed by atoms with Gasteiger partial charge in [-0.05, 0) is 26.8 Å². The highest BCUT2D eigenvalue weighted by Crippen LogP contribution is 2.06. The molecule has 0 aliphatic carbocycles. The quantitative estimate of drug-likeness (QED) is 0.671. The van der Waals surface area contributed by atoms with Crippen LogP contribution in [0.2, 0.25) is 0 Å². The minimum Gasteiger partial charge on any atom is -0.377 e. The van der Waals surface area contributed by atoms with Crippen molar-refractivity contribution >= 4 is 0 Å². The standard InChI is InChI=1S/C12H28N2O/c1-6-11(4)12(13)9-14(5)7-8-15-10(2)3/h10-12H,6-9,13H2,1-5H3. The van der Waals surface area contributed by atoms with Crippen molar-refractivity contribution in [2.45, 2.75) is 46.3 Å². The van der Waals surface area contributed by atoms with Crippen molar-refractivity contribution < 1.29 is 4.74 Å². The smallest absolute Gasteiger partial charge is 0.0596 e. The number of rotatable bonds is 8. The third kappa shape index (κ3) is 7.77. The van der Waals surface area contributed by atoms with Crippen LogP contribution >= 0.6 is 0 Å². The molecule has 92 valence electrons. The van der Waals surface area contributed by atoms with Crippen LogP contribution in [0, 0.1) is 5.92 Å². The van der Waals surface area contributed by atoms with Gasteiger partial charge in [-0.3, -0.25) is 0 Å². The largest absolute Gasteiger partial charge is 0.377 e. The summed E-state index contributed by atoms with van der Waals surface area (Å²) in [4.78, 5) is 2.25. The monoisotopic (exact) mass is 216 g/mol. The summed E-state index contributed by atoms with van der Waals surface area (Å²) in [5.41, 5.74) is 6.08. The molecule has 0 aromatic carbocycles. The molecule has 0 heterocycles. The van der Waals surface area contributed by atoms with E-state index in [-0.39, 0.29) is 6.04 Å². The lowest BCUT2D eigenvalue weighted by Gasteiger charge is -2.25. The molecule has 0 rings (SSSR count). The van der Waals surface area contributed by atoms with Crippen LogP contribution in [0.5, 0.6) is 0 Å². The van der Waals surface area contributed by atoms with E-state index in [0.29, 0.717) is 12.0 Å². The Balaban J connectivity index is 3.59. The molecule has 0 saturated carbocycles. The molecule has 0 radical (unpaired) electrons. The van der Waals surface area contributed by atoms with E-state index in [9.17, 15) is 0 Å². The molecule has 0 aliphatic rings. The van der Waals surface area contributed by atoms with Crippen LogP contribution in [0.15, 0.2) is 0 Å². The van der Waals surface area contributed by atoms with Crippen LogP contribution in [-0.2, 0) is 4.74 Å². The summed E-state index contributed by atoms with van der Waals surface area (Å²) in [6.07, 6.45) is 1.47. The average Bonchev–Trinajstić information content (AvgIpc) is 2.15. The van der Waals surface area contributed by atoms with Gasteiger partial charge in [0.25, 0.3) is 0 Å². The van der Waals surface area contributed by atoms with Gasteiger partial charge >= 0.3 is 0 Å². The number of nitrogens with zero attached hydrogens (tertiary/aromatic N) is 1. The fourth-order valence-electron chi connectivity index (χ4n) is 1.38. The van der Waals surface area contributed by atoms with Crippen molar-refractivity contribution in [3.8, 4) is 0 Å². The Morgan fingerprint density at radius 2 is 1.87 bits per heavy atom. The van der Waals surface area contributed by atoms with E-state index in [2.05, 4.69) is 39.6 Å². The minimum absolute atomic E-state index is 0.277. The van der Waals surface area contributed by atoms with Crippen LogP contribution in [0.4, 0.5) is 0 Å². The zero-order chi connectivity index (χ0) is 11.8. The molecule has 0 aromatic rings. The number of likely N-dealkylation sites (N-methyl/N-ethyl adjacent to an activating group) is 1. The van der Waals surface area contributed by atoms with Crippen LogP contribution in [0.1, 0.15) is 34.1 Å². The van der Waals surface area contributed by atoms with Crippen molar-refractivity contribution in [2.75, 3.05) is 26.7 Å². The first-order valence-corrected chi connectivity index (χ1v) is 6.03. The summed E-state index contributed by atoms with van der Waals surface area (Å²) >= 11 is 0. The van der Waals surface area contributed by atoms with Crippen molar-refractivity contribution in [1.82, 2.24) is 4.90 Å². The van der Waals surface area contributed by atoms with Gasteiger partial charge in [0, 0.05) is 19.1 Å². The fraction of sp³-hybridized carbons (Fsp3) is 1.00. The van der Waals surface area contributed by atoms with Gasteiger partial charge < -0.3 is 15.4 Å². The van der Waals surface area contributed by atoms with Crippen LogP contribution in [0.25, 0.3) is 0 Å². The van der Waals surface area contributed by atoms with Crippen LogP contribution in [-0.4, -0.2) is 43.8 Å². The Morgan fingerprint density at radius 1 is 1.27 bits per heavy atom. The van der Waals surface area contributed by atoms with E-state index < -0.39 is 0 Å². The maximum Gasteiger partial charge on any atom is 0.0596 e. The third-order valence-corrected chi connectivity index (χ3v) is 2.82. The maximum absolute atomic E-state index is 6.08. The lowest BCUT2D eigenvalue weighted by Crippen LogP contribution is -2.40. The van der Waals surface area contributed by atoms with Gasteiger partial charge in [0.05, 0.1) is 12.7 Å². The van der Waals surface area contributed by atoms with Gasteiger partial charge in [0.2, 0.25) is 0 Å². The van der Waals surface area contributed by atoms with Crippen LogP contribution < -0.4 is 5.73 Å². The molecule has 0 bridgehead atoms. The Kier molecular flexibility index (Phi) is 8.02. The molecule has 0 fully saturated rings. The van der Waals surface area contributed by atoms with Gasteiger partial charge in [-0.25, -0.2) is 0 Å². The zero-order valence-electron chi connectivity index (χ0n) is 11.0. The predicted molar refractivity (Wildman–Crippen MR) is 66.0 cm³/mol. The average molecular weight is 216 g/mol. The topological polar surface area (TPSA) is 38.5 Å². The second-order valence-electron chi connectivity index (χ2n) is 4.73. The van der Waals surface area contributed by atoms with E-state index in [4.69, 9.17) is 10.5 Å². The molecule has 2 N–H and O–H groups in total. The molecule has 0 spiro atoms. The lowest BCUT2D eigenvalue weighted by molar-refractivity contribution is 0.0620. The Hall–Kier alpha value is -0.120. The highest BCUT2D eigenvalue weighted by Gasteiger charge is 2.12. The molecule has 0 amide bonds. The molecule has 2 unspecified atom stereocenters.